The van der Waals surface area contributed by atoms with E-state index >= 15 is 0 Å². The molecule has 0 saturated carbocycles. The lowest BCUT2D eigenvalue weighted by molar-refractivity contribution is -0.123. The van der Waals surface area contributed by atoms with Gasteiger partial charge in [-0.2, -0.15) is 0 Å². The summed E-state index contributed by atoms with van der Waals surface area (Å²) < 4.78 is 13.9. The first kappa shape index (κ1) is 26.0. The number of nitrogens with zero attached hydrogens (tertiary/aromatic N) is 2. The Hall–Kier alpha value is -4.98. The summed E-state index contributed by atoms with van der Waals surface area (Å²) in [4.78, 5) is 45.7. The topological polar surface area (TPSA) is 99.5 Å². The molecule has 3 heterocycles. The predicted molar refractivity (Wildman–Crippen MR) is 162 cm³/mol. The number of fused-ring (bicyclic) bond motifs is 4. The number of halogens is 1. The van der Waals surface area contributed by atoms with E-state index in [-0.39, 0.29) is 11.8 Å². The molecule has 7 rings (SSSR count). The highest BCUT2D eigenvalue weighted by Crippen LogP contribution is 2.42. The molecule has 210 valence electrons. The first-order valence-corrected chi connectivity index (χ1v) is 14.0. The van der Waals surface area contributed by atoms with Gasteiger partial charge in [0.05, 0.1) is 17.6 Å². The van der Waals surface area contributed by atoms with Crippen LogP contribution in [0.25, 0.3) is 32.9 Å². The third-order valence-electron chi connectivity index (χ3n) is 8.86. The number of hydrogen-bond acceptors (Lipinski definition) is 3. The lowest BCUT2D eigenvalue weighted by Gasteiger charge is -2.21. The maximum Gasteiger partial charge on any atom is 0.259 e. The van der Waals surface area contributed by atoms with E-state index in [0.29, 0.717) is 29.7 Å². The van der Waals surface area contributed by atoms with Crippen molar-refractivity contribution in [3.05, 3.63) is 94.8 Å². The summed E-state index contributed by atoms with van der Waals surface area (Å²) in [6, 6.07) is 19.6. The summed E-state index contributed by atoms with van der Waals surface area (Å²) in [5, 5.41) is 1.72. The van der Waals surface area contributed by atoms with Crippen LogP contribution < -0.4 is 15.5 Å². The number of aromatic nitrogens is 1. The molecule has 8 heteroatoms. The van der Waals surface area contributed by atoms with E-state index in [1.807, 2.05) is 68.1 Å². The van der Waals surface area contributed by atoms with E-state index in [1.165, 1.54) is 12.1 Å². The highest BCUT2D eigenvalue weighted by molar-refractivity contribution is 6.21. The zero-order valence-electron chi connectivity index (χ0n) is 23.5. The Kier molecular flexibility index (Phi) is 5.57. The lowest BCUT2D eigenvalue weighted by atomic mass is 9.92. The molecule has 0 aliphatic carbocycles. The molecule has 1 saturated heterocycles. The Morgan fingerprint density at radius 3 is 2.50 bits per heavy atom. The van der Waals surface area contributed by atoms with Gasteiger partial charge in [0, 0.05) is 45.2 Å². The van der Waals surface area contributed by atoms with Gasteiger partial charge in [-0.3, -0.25) is 14.4 Å². The Bertz CT molecular complexity index is 2010. The van der Waals surface area contributed by atoms with Crippen molar-refractivity contribution >= 4 is 50.9 Å². The van der Waals surface area contributed by atoms with Crippen LogP contribution in [0.5, 0.6) is 0 Å². The van der Waals surface area contributed by atoms with Gasteiger partial charge in [0.15, 0.2) is 0 Å². The molecule has 0 bridgehead atoms. The molecular weight excluding hydrogens is 531 g/mol. The molecule has 5 aromatic rings. The van der Waals surface area contributed by atoms with Crippen LogP contribution in [-0.2, 0) is 11.3 Å². The Labute approximate surface area is 241 Å². The second kappa shape index (κ2) is 9.01. The van der Waals surface area contributed by atoms with Gasteiger partial charge in [0.25, 0.3) is 11.8 Å². The first-order chi connectivity index (χ1) is 20.0. The molecule has 0 unspecified atom stereocenters. The van der Waals surface area contributed by atoms with Crippen molar-refractivity contribution in [2.45, 2.75) is 33.7 Å². The van der Waals surface area contributed by atoms with E-state index in [9.17, 15) is 18.8 Å². The van der Waals surface area contributed by atoms with Crippen molar-refractivity contribution in [2.24, 2.45) is 11.1 Å². The second-order valence-corrected chi connectivity index (χ2v) is 11.9. The smallest absolute Gasteiger partial charge is 0.259 e. The zero-order chi connectivity index (χ0) is 29.5. The molecule has 1 aromatic heterocycles. The van der Waals surface area contributed by atoms with Gasteiger partial charge < -0.3 is 20.5 Å². The standard InChI is InChI=1S/C34H29FN4O3/c1-18-22(5-4-6-28(18)39-17-19-7-8-20(35)15-26(19)32(39)41)23-11-12-25(31(36)40)30-29(23)24-10-9-21(16-27(24)37-30)38-14-13-34(2,3)33(38)42/h4-12,15-16,37H,13-14,17H2,1-3H3,(H2,36,40). The number of nitrogens with one attached hydrogen (secondary N) is 1. The van der Waals surface area contributed by atoms with Crippen molar-refractivity contribution < 1.29 is 18.8 Å². The Morgan fingerprint density at radius 2 is 1.76 bits per heavy atom. The number of anilines is 2. The van der Waals surface area contributed by atoms with Gasteiger partial charge in [0.1, 0.15) is 5.82 Å². The van der Waals surface area contributed by atoms with E-state index in [2.05, 4.69) is 4.98 Å². The highest BCUT2D eigenvalue weighted by atomic mass is 19.1. The fourth-order valence-electron chi connectivity index (χ4n) is 6.49. The van der Waals surface area contributed by atoms with Crippen LogP contribution in [0.4, 0.5) is 15.8 Å². The maximum absolute atomic E-state index is 13.9. The minimum atomic E-state index is -0.548. The lowest BCUT2D eigenvalue weighted by Crippen LogP contribution is -2.30. The summed E-state index contributed by atoms with van der Waals surface area (Å²) in [5.74, 6) is -1.14. The fourth-order valence-corrected chi connectivity index (χ4v) is 6.49. The van der Waals surface area contributed by atoms with E-state index < -0.39 is 17.1 Å². The number of H-pyrrole nitrogens is 1. The average molecular weight is 561 g/mol. The minimum absolute atomic E-state index is 0.0882. The summed E-state index contributed by atoms with van der Waals surface area (Å²) >= 11 is 0. The van der Waals surface area contributed by atoms with Gasteiger partial charge in [-0.1, -0.05) is 44.2 Å². The number of carbonyl (C=O) groups excluding carboxylic acids is 3. The van der Waals surface area contributed by atoms with Crippen LogP contribution in [0.1, 0.15) is 52.1 Å². The average Bonchev–Trinajstić information content (AvgIpc) is 3.58. The third-order valence-corrected chi connectivity index (χ3v) is 8.86. The Morgan fingerprint density at radius 1 is 0.952 bits per heavy atom. The number of nitrogens with two attached hydrogens (primary N) is 1. The van der Waals surface area contributed by atoms with Gasteiger partial charge in [-0.25, -0.2) is 4.39 Å². The molecule has 4 aromatic carbocycles. The predicted octanol–water partition coefficient (Wildman–Crippen LogP) is 6.46. The molecular formula is C34H29FN4O3. The van der Waals surface area contributed by atoms with Crippen LogP contribution in [0, 0.1) is 18.2 Å². The maximum atomic E-state index is 13.9. The summed E-state index contributed by atoms with van der Waals surface area (Å²) in [5.41, 5.74) is 12.5. The largest absolute Gasteiger partial charge is 0.366 e. The molecule has 0 spiro atoms. The summed E-state index contributed by atoms with van der Waals surface area (Å²) in [7, 11) is 0. The van der Waals surface area contributed by atoms with Crippen LogP contribution in [0.15, 0.2) is 66.7 Å². The molecule has 2 aliphatic rings. The zero-order valence-corrected chi connectivity index (χ0v) is 23.5. The first-order valence-electron chi connectivity index (χ1n) is 14.0. The second-order valence-electron chi connectivity index (χ2n) is 11.9. The van der Waals surface area contributed by atoms with Gasteiger partial charge in [-0.05, 0) is 72.0 Å². The molecule has 0 radical (unpaired) electrons. The number of benzene rings is 4. The van der Waals surface area contributed by atoms with Crippen LogP contribution in [-0.4, -0.2) is 29.3 Å². The molecule has 3 N–H and O–H groups in total. The van der Waals surface area contributed by atoms with Crippen LogP contribution in [0.3, 0.4) is 0 Å². The van der Waals surface area contributed by atoms with Crippen molar-refractivity contribution in [1.82, 2.24) is 4.98 Å². The monoisotopic (exact) mass is 560 g/mol. The summed E-state index contributed by atoms with van der Waals surface area (Å²) in [6.45, 7) is 6.89. The van der Waals surface area contributed by atoms with Gasteiger partial charge in [-0.15, -0.1) is 0 Å². The van der Waals surface area contributed by atoms with E-state index in [1.54, 1.807) is 17.0 Å². The van der Waals surface area contributed by atoms with Crippen LogP contribution >= 0.6 is 0 Å². The molecule has 1 fully saturated rings. The SMILES string of the molecule is Cc1c(-c2ccc(C(N)=O)c3[nH]c4cc(N5CCC(C)(C)C5=O)ccc4c23)cccc1N1Cc2ccc(F)cc2C1=O. The van der Waals surface area contributed by atoms with Crippen molar-refractivity contribution in [3.8, 4) is 11.1 Å². The van der Waals surface area contributed by atoms with Gasteiger partial charge in [0.2, 0.25) is 5.91 Å². The molecule has 42 heavy (non-hydrogen) atoms. The van der Waals surface area contributed by atoms with Crippen molar-refractivity contribution in [2.75, 3.05) is 16.3 Å². The highest BCUT2D eigenvalue weighted by Gasteiger charge is 2.39. The van der Waals surface area contributed by atoms with E-state index in [4.69, 9.17) is 5.73 Å². The number of aromatic amines is 1. The Balaban J connectivity index is 1.38. The van der Waals surface area contributed by atoms with E-state index in [0.717, 1.165) is 56.3 Å². The fraction of sp³-hybridized carbons (Fsp3) is 0.206. The molecule has 2 aliphatic heterocycles. The van der Waals surface area contributed by atoms with Crippen LogP contribution in [0.2, 0.25) is 0 Å². The summed E-state index contributed by atoms with van der Waals surface area (Å²) in [6.07, 6.45) is 0.779. The minimum Gasteiger partial charge on any atom is -0.366 e. The van der Waals surface area contributed by atoms with Gasteiger partial charge >= 0.3 is 0 Å². The third kappa shape index (κ3) is 3.75. The molecule has 0 atom stereocenters. The van der Waals surface area contributed by atoms with Crippen molar-refractivity contribution in [3.63, 3.8) is 0 Å². The number of carbonyl (C=O) groups is 3. The number of primary amides is 1. The molecule has 3 amide bonds. The molecule has 7 nitrogen and oxygen atoms in total. The quantitative estimate of drug-likeness (QED) is 0.264. The number of hydrogen-bond donors (Lipinski definition) is 2. The normalized spacial score (nSPS) is 16.2. The number of rotatable bonds is 4. The van der Waals surface area contributed by atoms with Crippen molar-refractivity contribution in [1.29, 1.82) is 0 Å². The number of amides is 3.